The highest BCUT2D eigenvalue weighted by molar-refractivity contribution is 5.93. The molecule has 4 nitrogen and oxygen atoms in total. The molecule has 17 heavy (non-hydrogen) atoms. The van der Waals surface area contributed by atoms with E-state index in [1.165, 1.54) is 0 Å². The predicted molar refractivity (Wildman–Crippen MR) is 69.3 cm³/mol. The highest BCUT2D eigenvalue weighted by atomic mass is 16.3. The standard InChI is InChI=1S/C13H20N2O2/c1-8(2)14-7-13(17)15-11-5-10(4)12(16)6-9(11)3/h5-6,8,14,16H,7H2,1-4H3,(H,15,17). The van der Waals surface area contributed by atoms with Crippen molar-refractivity contribution < 1.29 is 9.90 Å². The van der Waals surface area contributed by atoms with Crippen LogP contribution in [0.3, 0.4) is 0 Å². The van der Waals surface area contributed by atoms with Crippen molar-refractivity contribution in [1.82, 2.24) is 5.32 Å². The van der Waals surface area contributed by atoms with Gasteiger partial charge in [-0.05, 0) is 37.1 Å². The van der Waals surface area contributed by atoms with Crippen LogP contribution in [0.5, 0.6) is 5.75 Å². The first-order valence-corrected chi connectivity index (χ1v) is 5.73. The van der Waals surface area contributed by atoms with Gasteiger partial charge >= 0.3 is 0 Å². The number of benzene rings is 1. The second-order valence-electron chi connectivity index (χ2n) is 4.54. The molecule has 4 heteroatoms. The zero-order chi connectivity index (χ0) is 13.0. The van der Waals surface area contributed by atoms with E-state index >= 15 is 0 Å². The molecule has 0 bridgehead atoms. The number of phenolic OH excluding ortho intramolecular Hbond substituents is 1. The summed E-state index contributed by atoms with van der Waals surface area (Å²) in [6, 6.07) is 3.71. The van der Waals surface area contributed by atoms with E-state index in [0.717, 1.165) is 16.8 Å². The molecule has 0 unspecified atom stereocenters. The van der Waals surface area contributed by atoms with Gasteiger partial charge in [0.05, 0.1) is 6.54 Å². The normalized spacial score (nSPS) is 10.6. The number of nitrogens with one attached hydrogen (secondary N) is 2. The predicted octanol–water partition coefficient (Wildman–Crippen LogP) is 1.95. The van der Waals surface area contributed by atoms with Crippen LogP contribution in [0.4, 0.5) is 5.69 Å². The van der Waals surface area contributed by atoms with Crippen LogP contribution in [0, 0.1) is 13.8 Å². The topological polar surface area (TPSA) is 61.4 Å². The smallest absolute Gasteiger partial charge is 0.238 e. The maximum Gasteiger partial charge on any atom is 0.238 e. The summed E-state index contributed by atoms with van der Waals surface area (Å²) in [5.74, 6) is 0.174. The van der Waals surface area contributed by atoms with Crippen molar-refractivity contribution in [3.63, 3.8) is 0 Å². The number of rotatable bonds is 4. The van der Waals surface area contributed by atoms with Gasteiger partial charge in [-0.3, -0.25) is 4.79 Å². The number of phenols is 1. The molecule has 0 aromatic heterocycles. The molecule has 1 amide bonds. The minimum atomic E-state index is -0.0770. The number of amides is 1. The van der Waals surface area contributed by atoms with Crippen molar-refractivity contribution in [3.8, 4) is 5.75 Å². The molecule has 1 rings (SSSR count). The minimum Gasteiger partial charge on any atom is -0.508 e. The monoisotopic (exact) mass is 236 g/mol. The number of carbonyl (C=O) groups excluding carboxylic acids is 1. The van der Waals surface area contributed by atoms with Gasteiger partial charge in [-0.1, -0.05) is 13.8 Å². The maximum absolute atomic E-state index is 11.6. The third-order valence-corrected chi connectivity index (χ3v) is 2.49. The highest BCUT2D eigenvalue weighted by Crippen LogP contribution is 2.24. The lowest BCUT2D eigenvalue weighted by molar-refractivity contribution is -0.115. The fourth-order valence-electron chi connectivity index (χ4n) is 1.43. The van der Waals surface area contributed by atoms with E-state index in [1.54, 1.807) is 19.1 Å². The average Bonchev–Trinajstić information content (AvgIpc) is 2.23. The lowest BCUT2D eigenvalue weighted by Gasteiger charge is -2.12. The van der Waals surface area contributed by atoms with Crippen LogP contribution in [-0.2, 0) is 4.79 Å². The fourth-order valence-corrected chi connectivity index (χ4v) is 1.43. The van der Waals surface area contributed by atoms with Crippen molar-refractivity contribution in [2.45, 2.75) is 33.7 Å². The van der Waals surface area contributed by atoms with E-state index in [1.807, 2.05) is 20.8 Å². The molecule has 94 valence electrons. The molecule has 0 saturated carbocycles. The summed E-state index contributed by atoms with van der Waals surface area (Å²) < 4.78 is 0. The van der Waals surface area contributed by atoms with Crippen LogP contribution in [0.15, 0.2) is 12.1 Å². The average molecular weight is 236 g/mol. The van der Waals surface area contributed by atoms with Gasteiger partial charge in [0.25, 0.3) is 0 Å². The summed E-state index contributed by atoms with van der Waals surface area (Å²) >= 11 is 0. The molecule has 0 radical (unpaired) electrons. The van der Waals surface area contributed by atoms with Gasteiger partial charge in [-0.2, -0.15) is 0 Å². The molecule has 0 fully saturated rings. The Labute approximate surface area is 102 Å². The molecule has 1 aromatic rings. The van der Waals surface area contributed by atoms with Crippen LogP contribution in [0.2, 0.25) is 0 Å². The first-order valence-electron chi connectivity index (χ1n) is 5.73. The summed E-state index contributed by atoms with van der Waals surface area (Å²) in [7, 11) is 0. The van der Waals surface area contributed by atoms with E-state index < -0.39 is 0 Å². The molecule has 0 heterocycles. The molecule has 1 aromatic carbocycles. The van der Waals surface area contributed by atoms with E-state index in [2.05, 4.69) is 10.6 Å². The third-order valence-electron chi connectivity index (χ3n) is 2.49. The van der Waals surface area contributed by atoms with Gasteiger partial charge in [0.2, 0.25) is 5.91 Å². The Bertz CT molecular complexity index is 414. The number of hydrogen-bond acceptors (Lipinski definition) is 3. The Balaban J connectivity index is 2.68. The highest BCUT2D eigenvalue weighted by Gasteiger charge is 2.07. The lowest BCUT2D eigenvalue weighted by Crippen LogP contribution is -2.32. The van der Waals surface area contributed by atoms with Crippen LogP contribution < -0.4 is 10.6 Å². The van der Waals surface area contributed by atoms with Crippen LogP contribution in [0.1, 0.15) is 25.0 Å². The van der Waals surface area contributed by atoms with E-state index in [4.69, 9.17) is 0 Å². The Morgan fingerprint density at radius 3 is 2.53 bits per heavy atom. The van der Waals surface area contributed by atoms with Gasteiger partial charge < -0.3 is 15.7 Å². The van der Waals surface area contributed by atoms with Crippen LogP contribution in [-0.4, -0.2) is 23.6 Å². The second-order valence-corrected chi connectivity index (χ2v) is 4.54. The maximum atomic E-state index is 11.6. The van der Waals surface area contributed by atoms with Gasteiger partial charge in [-0.25, -0.2) is 0 Å². The summed E-state index contributed by atoms with van der Waals surface area (Å²) in [4.78, 5) is 11.6. The molecular formula is C13H20N2O2. The van der Waals surface area contributed by atoms with Crippen LogP contribution >= 0.6 is 0 Å². The fraction of sp³-hybridized carbons (Fsp3) is 0.462. The summed E-state index contributed by atoms with van der Waals surface area (Å²) in [5.41, 5.74) is 2.35. The van der Waals surface area contributed by atoms with Gasteiger partial charge in [-0.15, -0.1) is 0 Å². The summed E-state index contributed by atoms with van der Waals surface area (Å²) in [6.45, 7) is 7.92. The molecule has 0 aliphatic heterocycles. The first-order chi connectivity index (χ1) is 7.90. The van der Waals surface area contributed by atoms with Crippen molar-refractivity contribution in [3.05, 3.63) is 23.3 Å². The molecule has 3 N–H and O–H groups in total. The SMILES string of the molecule is Cc1cc(NC(=O)CNC(C)C)c(C)cc1O. The number of aryl methyl sites for hydroxylation is 2. The van der Waals surface area contributed by atoms with Gasteiger partial charge in [0, 0.05) is 11.7 Å². The Morgan fingerprint density at radius 1 is 1.29 bits per heavy atom. The Hall–Kier alpha value is -1.55. The zero-order valence-electron chi connectivity index (χ0n) is 10.8. The van der Waals surface area contributed by atoms with Crippen molar-refractivity contribution in [2.24, 2.45) is 0 Å². The Morgan fingerprint density at radius 2 is 1.94 bits per heavy atom. The van der Waals surface area contributed by atoms with Crippen molar-refractivity contribution in [1.29, 1.82) is 0 Å². The number of anilines is 1. The van der Waals surface area contributed by atoms with Crippen LogP contribution in [0.25, 0.3) is 0 Å². The van der Waals surface area contributed by atoms with Gasteiger partial charge in [0.1, 0.15) is 5.75 Å². The van der Waals surface area contributed by atoms with E-state index in [9.17, 15) is 9.90 Å². The van der Waals surface area contributed by atoms with E-state index in [0.29, 0.717) is 0 Å². The molecule has 0 aliphatic rings. The number of carbonyl (C=O) groups is 1. The first kappa shape index (κ1) is 13.5. The largest absolute Gasteiger partial charge is 0.508 e. The van der Waals surface area contributed by atoms with Gasteiger partial charge in [0.15, 0.2) is 0 Å². The number of hydrogen-bond donors (Lipinski definition) is 3. The lowest BCUT2D eigenvalue weighted by atomic mass is 10.1. The Kier molecular flexibility index (Phi) is 4.52. The summed E-state index contributed by atoms with van der Waals surface area (Å²) in [5, 5.41) is 15.4. The zero-order valence-corrected chi connectivity index (χ0v) is 10.8. The summed E-state index contributed by atoms with van der Waals surface area (Å²) in [6.07, 6.45) is 0. The molecule has 0 saturated heterocycles. The second kappa shape index (κ2) is 5.68. The molecular weight excluding hydrogens is 216 g/mol. The molecule has 0 aliphatic carbocycles. The quantitative estimate of drug-likeness (QED) is 0.700. The molecule has 0 atom stereocenters. The van der Waals surface area contributed by atoms with Crippen molar-refractivity contribution >= 4 is 11.6 Å². The third kappa shape index (κ3) is 4.07. The van der Waals surface area contributed by atoms with Crippen molar-refractivity contribution in [2.75, 3.05) is 11.9 Å². The number of aromatic hydroxyl groups is 1. The molecule has 0 spiro atoms. The van der Waals surface area contributed by atoms with E-state index in [-0.39, 0.29) is 24.2 Å². The minimum absolute atomic E-state index is 0.0770.